The van der Waals surface area contributed by atoms with Gasteiger partial charge in [-0.3, -0.25) is 4.57 Å². The van der Waals surface area contributed by atoms with Crippen molar-refractivity contribution < 1.29 is 18.7 Å². The van der Waals surface area contributed by atoms with Gasteiger partial charge >= 0.3 is 7.60 Å². The highest BCUT2D eigenvalue weighted by molar-refractivity contribution is 8.28. The highest BCUT2D eigenvalue weighted by atomic mass is 32.8. The van der Waals surface area contributed by atoms with E-state index in [4.69, 9.17) is 26.2 Å². The maximum Gasteiger partial charge on any atom is 0.353 e. The van der Waals surface area contributed by atoms with Crippen molar-refractivity contribution in [2.24, 2.45) is 0 Å². The molecule has 0 spiro atoms. The van der Waals surface area contributed by atoms with Gasteiger partial charge < -0.3 is 24.5 Å². The maximum absolute atomic E-state index is 12.4. The lowest BCUT2D eigenvalue weighted by atomic mass is 10.0. The van der Waals surface area contributed by atoms with E-state index in [-0.39, 0.29) is 28.5 Å². The first-order valence-electron chi connectivity index (χ1n) is 15.7. The van der Waals surface area contributed by atoms with Crippen LogP contribution < -0.4 is 5.73 Å². The SMILES string of the molecule is CCCCCCCCCCCCCCCCCCS(=S)CCOP(=O)(O)CO[C@H](C)Cn1cnc2c(N)ncnc21. The number of ether oxygens (including phenoxy) is 1. The van der Waals surface area contributed by atoms with Gasteiger partial charge in [0.25, 0.3) is 0 Å². The zero-order chi connectivity index (χ0) is 29.8. The van der Waals surface area contributed by atoms with Gasteiger partial charge in [-0.25, -0.2) is 15.0 Å². The van der Waals surface area contributed by atoms with Gasteiger partial charge in [-0.2, -0.15) is 0 Å². The number of nitrogens with zero attached hydrogens (tertiary/aromatic N) is 4. The number of hydrogen-bond acceptors (Lipinski definition) is 8. The second kappa shape index (κ2) is 21.7. The molecule has 0 saturated heterocycles. The minimum absolute atomic E-state index is 0.180. The molecule has 0 fully saturated rings. The summed E-state index contributed by atoms with van der Waals surface area (Å²) in [6, 6.07) is 0. The van der Waals surface area contributed by atoms with Crippen LogP contribution in [0, 0.1) is 0 Å². The van der Waals surface area contributed by atoms with Gasteiger partial charge in [0.15, 0.2) is 11.5 Å². The topological polar surface area (TPSA) is 125 Å². The van der Waals surface area contributed by atoms with Crippen molar-refractivity contribution in [2.45, 2.75) is 129 Å². The van der Waals surface area contributed by atoms with Crippen molar-refractivity contribution in [1.82, 2.24) is 19.5 Å². The summed E-state index contributed by atoms with van der Waals surface area (Å²) < 4.78 is 25.0. The lowest BCUT2D eigenvalue weighted by Gasteiger charge is -2.17. The van der Waals surface area contributed by atoms with Crippen LogP contribution in [0.1, 0.15) is 117 Å². The minimum atomic E-state index is -3.85. The fourth-order valence-corrected chi connectivity index (χ4v) is 7.38. The monoisotopic (exact) mass is 631 g/mol. The fraction of sp³-hybridized carbons (Fsp3) is 0.828. The number of fused-ring (bicyclic) bond motifs is 1. The van der Waals surface area contributed by atoms with E-state index in [1.54, 1.807) is 10.9 Å². The standard InChI is InChI=1S/C29H54N5O4PS2/c1-3-4-5-6-7-8-9-10-11-12-13-14-15-16-17-18-20-41(40)21-19-38-39(35,36)25-37-26(2)22-34-24-33-27-28(30)31-23-32-29(27)34/h23-24,26H,3-22,25H2,1-2H3,(H,35,36)(H2,30,31,32)/t26-,41?/m1/s1. The first-order chi connectivity index (χ1) is 19.8. The molecule has 0 aliphatic carbocycles. The van der Waals surface area contributed by atoms with Crippen LogP contribution in [0.4, 0.5) is 5.82 Å². The molecule has 0 bridgehead atoms. The quantitative estimate of drug-likeness (QED) is 0.0812. The van der Waals surface area contributed by atoms with Crippen LogP contribution in [-0.4, -0.2) is 55.0 Å². The molecule has 2 aromatic rings. The Balaban J connectivity index is 1.41. The lowest BCUT2D eigenvalue weighted by molar-refractivity contribution is 0.0724. The summed E-state index contributed by atoms with van der Waals surface area (Å²) in [6.07, 6.45) is 24.0. The van der Waals surface area contributed by atoms with Gasteiger partial charge in [-0.1, -0.05) is 114 Å². The molecule has 236 valence electrons. The third-order valence-corrected chi connectivity index (χ3v) is 10.7. The van der Waals surface area contributed by atoms with Crippen LogP contribution in [0.25, 0.3) is 11.2 Å². The highest BCUT2D eigenvalue weighted by Crippen LogP contribution is 2.42. The average molecular weight is 632 g/mol. The summed E-state index contributed by atoms with van der Waals surface area (Å²) in [5.74, 6) is 1.91. The Bertz CT molecular complexity index is 1040. The minimum Gasteiger partial charge on any atom is -0.382 e. The Morgan fingerprint density at radius 3 is 2.07 bits per heavy atom. The van der Waals surface area contributed by atoms with Gasteiger partial charge in [-0.15, -0.1) is 9.45 Å². The van der Waals surface area contributed by atoms with Gasteiger partial charge in [0, 0.05) is 5.75 Å². The third-order valence-electron chi connectivity index (χ3n) is 7.24. The van der Waals surface area contributed by atoms with E-state index < -0.39 is 7.60 Å². The second-order valence-electron chi connectivity index (χ2n) is 11.1. The van der Waals surface area contributed by atoms with Gasteiger partial charge in [0.05, 0.1) is 25.6 Å². The van der Waals surface area contributed by atoms with E-state index in [1.807, 2.05) is 6.92 Å². The zero-order valence-corrected chi connectivity index (χ0v) is 27.9. The summed E-state index contributed by atoms with van der Waals surface area (Å²) in [7, 11) is -4.07. The molecule has 0 aliphatic rings. The highest BCUT2D eigenvalue weighted by Gasteiger charge is 2.22. The Hall–Kier alpha value is -0.970. The maximum atomic E-state index is 12.4. The van der Waals surface area contributed by atoms with Crippen LogP contribution in [0.2, 0.25) is 0 Å². The molecule has 2 aromatic heterocycles. The van der Waals surface area contributed by atoms with Crippen molar-refractivity contribution in [1.29, 1.82) is 0 Å². The molecule has 41 heavy (non-hydrogen) atoms. The van der Waals surface area contributed by atoms with E-state index in [1.165, 1.54) is 103 Å². The first kappa shape index (κ1) is 36.2. The number of hydrogen-bond donors (Lipinski definition) is 2. The number of unbranched alkanes of at least 4 members (excludes halogenated alkanes) is 15. The lowest BCUT2D eigenvalue weighted by Crippen LogP contribution is -2.18. The predicted octanol–water partition coefficient (Wildman–Crippen LogP) is 7.31. The van der Waals surface area contributed by atoms with Crippen molar-refractivity contribution in [3.8, 4) is 0 Å². The molecule has 12 heteroatoms. The van der Waals surface area contributed by atoms with Crippen LogP contribution in [-0.2, 0) is 41.0 Å². The largest absolute Gasteiger partial charge is 0.382 e. The van der Waals surface area contributed by atoms with E-state index in [0.717, 1.165) is 12.2 Å². The van der Waals surface area contributed by atoms with Crippen molar-refractivity contribution in [3.05, 3.63) is 12.7 Å². The number of rotatable bonds is 26. The number of nitrogens with two attached hydrogens (primary N) is 1. The molecule has 0 aliphatic heterocycles. The number of imidazole rings is 1. The summed E-state index contributed by atoms with van der Waals surface area (Å²) >= 11 is 5.57. The molecular formula is C29H54N5O4PS2. The van der Waals surface area contributed by atoms with Crippen LogP contribution in [0.3, 0.4) is 0 Å². The molecule has 0 saturated carbocycles. The fourth-order valence-electron chi connectivity index (χ4n) is 4.81. The molecule has 0 amide bonds. The smallest absolute Gasteiger partial charge is 0.353 e. The molecule has 0 radical (unpaired) electrons. The van der Waals surface area contributed by atoms with Crippen LogP contribution in [0.5, 0.6) is 0 Å². The van der Waals surface area contributed by atoms with Gasteiger partial charge in [0.2, 0.25) is 0 Å². The molecule has 3 atom stereocenters. The van der Waals surface area contributed by atoms with Gasteiger partial charge in [0.1, 0.15) is 18.2 Å². The molecule has 2 unspecified atom stereocenters. The Morgan fingerprint density at radius 1 is 0.927 bits per heavy atom. The zero-order valence-electron chi connectivity index (χ0n) is 25.4. The summed E-state index contributed by atoms with van der Waals surface area (Å²) in [5, 5.41) is 0. The van der Waals surface area contributed by atoms with E-state index in [9.17, 15) is 9.46 Å². The molecule has 2 heterocycles. The summed E-state index contributed by atoms with van der Waals surface area (Å²) in [4.78, 5) is 22.5. The number of nitrogen functional groups attached to an aromatic ring is 1. The molecule has 3 N–H and O–H groups in total. The van der Waals surface area contributed by atoms with Crippen molar-refractivity contribution >= 4 is 45.2 Å². The summed E-state index contributed by atoms with van der Waals surface area (Å²) in [6.45, 7) is 4.67. The average Bonchev–Trinajstić information content (AvgIpc) is 3.35. The molecular weight excluding hydrogens is 577 g/mol. The van der Waals surface area contributed by atoms with E-state index >= 15 is 0 Å². The van der Waals surface area contributed by atoms with Crippen LogP contribution in [0.15, 0.2) is 12.7 Å². The molecule has 0 aromatic carbocycles. The van der Waals surface area contributed by atoms with E-state index in [2.05, 4.69) is 21.9 Å². The van der Waals surface area contributed by atoms with Crippen molar-refractivity contribution in [3.63, 3.8) is 0 Å². The number of anilines is 1. The first-order valence-corrected chi connectivity index (χ1v) is 19.9. The summed E-state index contributed by atoms with van der Waals surface area (Å²) in [5.41, 5.74) is 6.94. The van der Waals surface area contributed by atoms with E-state index in [0.29, 0.717) is 29.3 Å². The molecule has 2 rings (SSSR count). The normalized spacial score (nSPS) is 14.8. The van der Waals surface area contributed by atoms with Gasteiger partial charge in [-0.05, 0) is 19.1 Å². The number of aromatic nitrogens is 4. The Labute approximate surface area is 254 Å². The Morgan fingerprint density at radius 2 is 1.49 bits per heavy atom. The second-order valence-corrected chi connectivity index (χ2v) is 16.0. The van der Waals surface area contributed by atoms with Crippen LogP contribution >= 0.6 is 7.60 Å². The predicted molar refractivity (Wildman–Crippen MR) is 175 cm³/mol. The Kier molecular flexibility index (Phi) is 19.2. The van der Waals surface area contributed by atoms with Crippen molar-refractivity contribution in [2.75, 3.05) is 30.2 Å². The molecule has 9 nitrogen and oxygen atoms in total. The third kappa shape index (κ3) is 16.5.